The first kappa shape index (κ1) is 21.5. The number of aromatic nitrogens is 2. The Hall–Kier alpha value is -2.35. The van der Waals surface area contributed by atoms with E-state index in [0.29, 0.717) is 51.2 Å². The molecule has 3 aliphatic rings. The Labute approximate surface area is 193 Å². The van der Waals surface area contributed by atoms with E-state index in [9.17, 15) is 4.79 Å². The van der Waals surface area contributed by atoms with Gasteiger partial charge in [0.25, 0.3) is 5.91 Å². The van der Waals surface area contributed by atoms with Gasteiger partial charge in [0, 0.05) is 54.1 Å². The Morgan fingerprint density at radius 3 is 2.91 bits per heavy atom. The molecule has 0 bridgehead atoms. The third-order valence-electron chi connectivity index (χ3n) is 6.67. The Kier molecular flexibility index (Phi) is 6.22. The van der Waals surface area contributed by atoms with E-state index in [4.69, 9.17) is 26.2 Å². The molecule has 1 unspecified atom stereocenters. The van der Waals surface area contributed by atoms with Gasteiger partial charge < -0.3 is 14.4 Å². The summed E-state index contributed by atoms with van der Waals surface area (Å²) < 4.78 is 13.4. The average Bonchev–Trinajstić information content (AvgIpc) is 3.03. The minimum atomic E-state index is 0.0179. The topological polar surface area (TPSA) is 59.8 Å². The van der Waals surface area contributed by atoms with Gasteiger partial charge in [0.1, 0.15) is 12.4 Å². The first-order chi connectivity index (χ1) is 15.6. The van der Waals surface area contributed by atoms with E-state index in [-0.39, 0.29) is 5.91 Å². The van der Waals surface area contributed by atoms with Crippen molar-refractivity contribution in [2.24, 2.45) is 0 Å². The van der Waals surface area contributed by atoms with Gasteiger partial charge in [0.05, 0.1) is 19.8 Å². The second kappa shape index (κ2) is 9.25. The Morgan fingerprint density at radius 1 is 1.25 bits per heavy atom. The first-order valence-electron chi connectivity index (χ1n) is 11.4. The van der Waals surface area contributed by atoms with E-state index in [2.05, 4.69) is 11.5 Å². The molecular weight excluding hydrogens is 428 g/mol. The SMILES string of the molecule is C=CCn1nc(C(=O)N2CCOCC2)c2c1CCC(N1CCOc3ccc(Cl)cc3C1)C2. The maximum atomic E-state index is 13.3. The van der Waals surface area contributed by atoms with E-state index >= 15 is 0 Å². The first-order valence-corrected chi connectivity index (χ1v) is 11.7. The van der Waals surface area contributed by atoms with Crippen LogP contribution in [0.15, 0.2) is 30.9 Å². The molecule has 170 valence electrons. The number of carbonyl (C=O) groups is 1. The van der Waals surface area contributed by atoms with Gasteiger partial charge in [-0.05, 0) is 37.5 Å². The molecule has 1 aromatic carbocycles. The number of hydrogen-bond donors (Lipinski definition) is 0. The van der Waals surface area contributed by atoms with Crippen molar-refractivity contribution in [1.29, 1.82) is 0 Å². The van der Waals surface area contributed by atoms with Crippen LogP contribution in [0.5, 0.6) is 5.75 Å². The molecule has 1 amide bonds. The van der Waals surface area contributed by atoms with Crippen molar-refractivity contribution in [2.45, 2.75) is 38.4 Å². The third-order valence-corrected chi connectivity index (χ3v) is 6.91. The predicted octanol–water partition coefficient (Wildman–Crippen LogP) is 2.95. The number of halogens is 1. The minimum Gasteiger partial charge on any atom is -0.492 e. The van der Waals surface area contributed by atoms with Gasteiger partial charge in [-0.3, -0.25) is 14.4 Å². The summed E-state index contributed by atoms with van der Waals surface area (Å²) in [6.45, 7) is 9.18. The lowest BCUT2D eigenvalue weighted by Gasteiger charge is -2.33. The Bertz CT molecular complexity index is 1010. The Balaban J connectivity index is 1.41. The normalized spacial score (nSPS) is 21.3. The van der Waals surface area contributed by atoms with Crippen LogP contribution in [0.25, 0.3) is 0 Å². The van der Waals surface area contributed by atoms with E-state index in [0.717, 1.165) is 54.3 Å². The average molecular weight is 457 g/mol. The molecule has 0 saturated carbocycles. The quantitative estimate of drug-likeness (QED) is 0.662. The highest BCUT2D eigenvalue weighted by Crippen LogP contribution is 2.32. The van der Waals surface area contributed by atoms with Crippen molar-refractivity contribution in [3.05, 3.63) is 58.4 Å². The maximum Gasteiger partial charge on any atom is 0.274 e. The van der Waals surface area contributed by atoms with E-state index in [1.54, 1.807) is 0 Å². The van der Waals surface area contributed by atoms with Gasteiger partial charge in [-0.25, -0.2) is 0 Å². The van der Waals surface area contributed by atoms with Crippen LogP contribution in [-0.2, 0) is 30.7 Å². The smallest absolute Gasteiger partial charge is 0.274 e. The summed E-state index contributed by atoms with van der Waals surface area (Å²) in [6.07, 6.45) is 4.58. The predicted molar refractivity (Wildman–Crippen MR) is 122 cm³/mol. The monoisotopic (exact) mass is 456 g/mol. The molecule has 1 fully saturated rings. The molecular formula is C24H29ClN4O3. The molecule has 2 aliphatic heterocycles. The zero-order valence-electron chi connectivity index (χ0n) is 18.3. The number of rotatable bonds is 4. The molecule has 8 heteroatoms. The number of amides is 1. The zero-order valence-corrected chi connectivity index (χ0v) is 19.0. The molecule has 1 atom stereocenters. The summed E-state index contributed by atoms with van der Waals surface area (Å²) in [7, 11) is 0. The van der Waals surface area contributed by atoms with Crippen LogP contribution in [-0.4, -0.2) is 71.0 Å². The summed E-state index contributed by atoms with van der Waals surface area (Å²) in [5.74, 6) is 0.930. The number of benzene rings is 1. The molecule has 7 nitrogen and oxygen atoms in total. The summed E-state index contributed by atoms with van der Waals surface area (Å²) in [4.78, 5) is 17.7. The van der Waals surface area contributed by atoms with Crippen molar-refractivity contribution in [2.75, 3.05) is 39.5 Å². The zero-order chi connectivity index (χ0) is 22.1. The van der Waals surface area contributed by atoms with Gasteiger partial charge in [0.15, 0.2) is 5.69 Å². The van der Waals surface area contributed by atoms with Crippen LogP contribution < -0.4 is 4.74 Å². The minimum absolute atomic E-state index is 0.0179. The molecule has 0 N–H and O–H groups in total. The van der Waals surface area contributed by atoms with Crippen molar-refractivity contribution in [1.82, 2.24) is 19.6 Å². The van der Waals surface area contributed by atoms with Crippen molar-refractivity contribution in [3.8, 4) is 5.75 Å². The summed E-state index contributed by atoms with van der Waals surface area (Å²) in [5, 5.41) is 5.48. The van der Waals surface area contributed by atoms with Crippen LogP contribution in [0.4, 0.5) is 0 Å². The molecule has 2 aromatic rings. The standard InChI is InChI=1S/C24H29ClN4O3/c1-2-7-29-21-5-4-19(28-10-13-32-22-6-3-18(25)14-17(22)16-28)15-20(21)23(26-29)24(30)27-8-11-31-12-9-27/h2-3,6,14,19H,1,4-5,7-13,15-16H2. The van der Waals surface area contributed by atoms with Crippen LogP contribution in [0.3, 0.4) is 0 Å². The lowest BCUT2D eigenvalue weighted by molar-refractivity contribution is 0.0297. The molecule has 1 aromatic heterocycles. The van der Waals surface area contributed by atoms with Crippen LogP contribution in [0.1, 0.15) is 33.7 Å². The largest absolute Gasteiger partial charge is 0.492 e. The van der Waals surface area contributed by atoms with Crippen LogP contribution in [0.2, 0.25) is 5.02 Å². The molecule has 32 heavy (non-hydrogen) atoms. The van der Waals surface area contributed by atoms with E-state index in [1.807, 2.05) is 33.9 Å². The van der Waals surface area contributed by atoms with E-state index < -0.39 is 0 Å². The second-order valence-corrected chi connectivity index (χ2v) is 9.05. The van der Waals surface area contributed by atoms with Crippen molar-refractivity contribution >= 4 is 17.5 Å². The van der Waals surface area contributed by atoms with Crippen molar-refractivity contribution < 1.29 is 14.3 Å². The van der Waals surface area contributed by atoms with Gasteiger partial charge >= 0.3 is 0 Å². The number of allylic oxidation sites excluding steroid dienone is 1. The second-order valence-electron chi connectivity index (χ2n) is 8.62. The third kappa shape index (κ3) is 4.17. The fraction of sp³-hybridized carbons (Fsp3) is 0.500. The number of nitrogens with zero attached hydrogens (tertiary/aromatic N) is 4. The molecule has 3 heterocycles. The highest BCUT2D eigenvalue weighted by atomic mass is 35.5. The van der Waals surface area contributed by atoms with Gasteiger partial charge in [-0.2, -0.15) is 5.10 Å². The van der Waals surface area contributed by atoms with Crippen molar-refractivity contribution in [3.63, 3.8) is 0 Å². The lowest BCUT2D eigenvalue weighted by Crippen LogP contribution is -2.42. The summed E-state index contributed by atoms with van der Waals surface area (Å²) in [5.41, 5.74) is 3.99. The number of ether oxygens (including phenoxy) is 2. The fourth-order valence-corrected chi connectivity index (χ4v) is 5.23. The Morgan fingerprint density at radius 2 is 2.09 bits per heavy atom. The molecule has 0 spiro atoms. The van der Waals surface area contributed by atoms with Crippen LogP contribution in [0, 0.1) is 0 Å². The number of morpholine rings is 1. The summed E-state index contributed by atoms with van der Waals surface area (Å²) in [6, 6.07) is 6.16. The fourth-order valence-electron chi connectivity index (χ4n) is 5.04. The number of carbonyl (C=O) groups excluding carboxylic acids is 1. The van der Waals surface area contributed by atoms with Gasteiger partial charge in [-0.1, -0.05) is 17.7 Å². The summed E-state index contributed by atoms with van der Waals surface area (Å²) >= 11 is 6.25. The molecule has 5 rings (SSSR count). The number of hydrogen-bond acceptors (Lipinski definition) is 5. The van der Waals surface area contributed by atoms with Crippen LogP contribution >= 0.6 is 11.6 Å². The van der Waals surface area contributed by atoms with E-state index in [1.165, 1.54) is 5.69 Å². The molecule has 1 saturated heterocycles. The molecule has 0 radical (unpaired) electrons. The van der Waals surface area contributed by atoms with Gasteiger partial charge in [0.2, 0.25) is 0 Å². The maximum absolute atomic E-state index is 13.3. The lowest BCUT2D eigenvalue weighted by atomic mass is 9.89. The highest BCUT2D eigenvalue weighted by Gasteiger charge is 2.34. The van der Waals surface area contributed by atoms with Gasteiger partial charge in [-0.15, -0.1) is 6.58 Å². The molecule has 1 aliphatic carbocycles. The number of fused-ring (bicyclic) bond motifs is 2. The highest BCUT2D eigenvalue weighted by molar-refractivity contribution is 6.30.